The smallest absolute Gasteiger partial charge is 0.241 e. The summed E-state index contributed by atoms with van der Waals surface area (Å²) in [5.41, 5.74) is 0.859. The molecular formula is C16H17BrN2O. The maximum Gasteiger partial charge on any atom is 0.241 e. The van der Waals surface area contributed by atoms with E-state index in [2.05, 4.69) is 32.6 Å². The molecule has 1 aliphatic heterocycles. The second-order valence-corrected chi connectivity index (χ2v) is 6.11. The maximum atomic E-state index is 12.2. The molecule has 0 aliphatic carbocycles. The first kappa shape index (κ1) is 13.6. The molecule has 3 rings (SSSR count). The van der Waals surface area contributed by atoms with Gasteiger partial charge in [0.15, 0.2) is 0 Å². The van der Waals surface area contributed by atoms with Crippen LogP contribution in [0.2, 0.25) is 0 Å². The number of nitrogens with one attached hydrogen (secondary N) is 2. The van der Waals surface area contributed by atoms with E-state index in [1.807, 2.05) is 30.3 Å². The number of benzene rings is 2. The SMILES string of the molecule is O=C(Nc1ccc2cc(Br)ccc2c1)C1CCCCN1. The van der Waals surface area contributed by atoms with E-state index in [9.17, 15) is 4.79 Å². The third-order valence-corrected chi connectivity index (χ3v) is 4.19. The van der Waals surface area contributed by atoms with E-state index in [1.54, 1.807) is 0 Å². The number of rotatable bonds is 2. The molecule has 1 atom stereocenters. The minimum atomic E-state index is -0.0515. The van der Waals surface area contributed by atoms with Gasteiger partial charge in [-0.15, -0.1) is 0 Å². The summed E-state index contributed by atoms with van der Waals surface area (Å²) in [4.78, 5) is 12.2. The first-order chi connectivity index (χ1) is 9.72. The van der Waals surface area contributed by atoms with Crippen molar-refractivity contribution in [3.63, 3.8) is 0 Å². The molecule has 104 valence electrons. The summed E-state index contributed by atoms with van der Waals surface area (Å²) >= 11 is 3.47. The van der Waals surface area contributed by atoms with Gasteiger partial charge in [-0.25, -0.2) is 0 Å². The molecule has 20 heavy (non-hydrogen) atoms. The molecule has 0 bridgehead atoms. The van der Waals surface area contributed by atoms with Gasteiger partial charge in [-0.05, 0) is 54.4 Å². The van der Waals surface area contributed by atoms with Crippen molar-refractivity contribution in [2.75, 3.05) is 11.9 Å². The van der Waals surface area contributed by atoms with Crippen molar-refractivity contribution < 1.29 is 4.79 Å². The highest BCUT2D eigenvalue weighted by Crippen LogP contribution is 2.23. The number of hydrogen-bond acceptors (Lipinski definition) is 2. The molecule has 1 heterocycles. The minimum absolute atomic E-state index is 0.0515. The Morgan fingerprint density at radius 1 is 1.15 bits per heavy atom. The lowest BCUT2D eigenvalue weighted by atomic mass is 10.0. The second kappa shape index (κ2) is 5.94. The molecule has 1 fully saturated rings. The number of piperidine rings is 1. The normalized spacial score (nSPS) is 18.9. The van der Waals surface area contributed by atoms with Crippen LogP contribution in [0, 0.1) is 0 Å². The summed E-state index contributed by atoms with van der Waals surface area (Å²) < 4.78 is 1.06. The standard InChI is InChI=1S/C16H17BrN2O/c17-13-6-4-12-10-14(7-5-11(12)9-13)19-16(20)15-3-1-2-8-18-15/h4-7,9-10,15,18H,1-3,8H2,(H,19,20). The van der Waals surface area contributed by atoms with Crippen LogP contribution in [-0.2, 0) is 4.79 Å². The topological polar surface area (TPSA) is 41.1 Å². The van der Waals surface area contributed by atoms with E-state index in [0.717, 1.165) is 46.7 Å². The van der Waals surface area contributed by atoms with Gasteiger partial charge in [-0.1, -0.05) is 34.5 Å². The van der Waals surface area contributed by atoms with Crippen LogP contribution in [0.3, 0.4) is 0 Å². The van der Waals surface area contributed by atoms with Crippen LogP contribution in [0.15, 0.2) is 40.9 Å². The van der Waals surface area contributed by atoms with Gasteiger partial charge >= 0.3 is 0 Å². The molecule has 3 nitrogen and oxygen atoms in total. The van der Waals surface area contributed by atoms with Crippen molar-refractivity contribution >= 4 is 38.3 Å². The molecule has 2 aromatic carbocycles. The van der Waals surface area contributed by atoms with E-state index < -0.39 is 0 Å². The summed E-state index contributed by atoms with van der Waals surface area (Å²) in [6.07, 6.45) is 3.21. The van der Waals surface area contributed by atoms with E-state index >= 15 is 0 Å². The molecule has 1 aliphatic rings. The Morgan fingerprint density at radius 2 is 1.95 bits per heavy atom. The third kappa shape index (κ3) is 3.02. The van der Waals surface area contributed by atoms with Gasteiger partial charge in [0, 0.05) is 10.2 Å². The Hall–Kier alpha value is -1.39. The van der Waals surface area contributed by atoms with E-state index in [0.29, 0.717) is 0 Å². The molecule has 0 saturated carbocycles. The van der Waals surface area contributed by atoms with Crippen molar-refractivity contribution in [3.05, 3.63) is 40.9 Å². The Morgan fingerprint density at radius 3 is 2.75 bits per heavy atom. The molecule has 1 unspecified atom stereocenters. The molecule has 0 spiro atoms. The number of halogens is 1. The first-order valence-electron chi connectivity index (χ1n) is 6.96. The van der Waals surface area contributed by atoms with Crippen molar-refractivity contribution in [2.24, 2.45) is 0 Å². The van der Waals surface area contributed by atoms with E-state index in [-0.39, 0.29) is 11.9 Å². The van der Waals surface area contributed by atoms with Gasteiger partial charge in [-0.3, -0.25) is 4.79 Å². The average molecular weight is 333 g/mol. The summed E-state index contributed by atoms with van der Waals surface area (Å²) in [6.45, 7) is 0.934. The number of anilines is 1. The van der Waals surface area contributed by atoms with Crippen LogP contribution in [0.4, 0.5) is 5.69 Å². The predicted molar refractivity (Wildman–Crippen MR) is 85.9 cm³/mol. The van der Waals surface area contributed by atoms with Gasteiger partial charge in [0.25, 0.3) is 0 Å². The average Bonchev–Trinajstić information content (AvgIpc) is 2.48. The Kier molecular flexibility index (Phi) is 4.03. The highest BCUT2D eigenvalue weighted by atomic mass is 79.9. The molecule has 0 aromatic heterocycles. The van der Waals surface area contributed by atoms with Crippen LogP contribution in [-0.4, -0.2) is 18.5 Å². The fourth-order valence-corrected chi connectivity index (χ4v) is 2.98. The number of carbonyl (C=O) groups excluding carboxylic acids is 1. The number of carbonyl (C=O) groups is 1. The van der Waals surface area contributed by atoms with Crippen LogP contribution >= 0.6 is 15.9 Å². The summed E-state index contributed by atoms with van der Waals surface area (Å²) in [5, 5.41) is 8.56. The zero-order valence-corrected chi connectivity index (χ0v) is 12.7. The van der Waals surface area contributed by atoms with Crippen molar-refractivity contribution in [2.45, 2.75) is 25.3 Å². The van der Waals surface area contributed by atoms with E-state index in [1.165, 1.54) is 0 Å². The van der Waals surface area contributed by atoms with Crippen LogP contribution in [0.5, 0.6) is 0 Å². The Labute approximate surface area is 126 Å². The molecule has 4 heteroatoms. The van der Waals surface area contributed by atoms with E-state index in [4.69, 9.17) is 0 Å². The fraction of sp³-hybridized carbons (Fsp3) is 0.312. The van der Waals surface area contributed by atoms with Crippen molar-refractivity contribution in [1.29, 1.82) is 0 Å². The third-order valence-electron chi connectivity index (χ3n) is 3.70. The quantitative estimate of drug-likeness (QED) is 0.880. The molecule has 2 aromatic rings. The summed E-state index contributed by atoms with van der Waals surface area (Å²) in [5.74, 6) is 0.0705. The van der Waals surface area contributed by atoms with Crippen molar-refractivity contribution in [1.82, 2.24) is 5.32 Å². The fourth-order valence-electron chi connectivity index (χ4n) is 2.60. The lowest BCUT2D eigenvalue weighted by molar-refractivity contribution is -0.118. The van der Waals surface area contributed by atoms with Gasteiger partial charge in [0.2, 0.25) is 5.91 Å². The van der Waals surface area contributed by atoms with Crippen LogP contribution in [0.1, 0.15) is 19.3 Å². The number of fused-ring (bicyclic) bond motifs is 1. The van der Waals surface area contributed by atoms with Gasteiger partial charge in [-0.2, -0.15) is 0 Å². The van der Waals surface area contributed by atoms with Gasteiger partial charge < -0.3 is 10.6 Å². The maximum absolute atomic E-state index is 12.2. The predicted octanol–water partition coefficient (Wildman–Crippen LogP) is 3.68. The largest absolute Gasteiger partial charge is 0.325 e. The van der Waals surface area contributed by atoms with Gasteiger partial charge in [0.05, 0.1) is 6.04 Å². The zero-order chi connectivity index (χ0) is 13.9. The number of hydrogen-bond donors (Lipinski definition) is 2. The lowest BCUT2D eigenvalue weighted by Gasteiger charge is -2.22. The second-order valence-electron chi connectivity index (χ2n) is 5.20. The summed E-state index contributed by atoms with van der Waals surface area (Å²) in [7, 11) is 0. The molecular weight excluding hydrogens is 316 g/mol. The zero-order valence-electron chi connectivity index (χ0n) is 11.2. The van der Waals surface area contributed by atoms with Crippen LogP contribution < -0.4 is 10.6 Å². The monoisotopic (exact) mass is 332 g/mol. The highest BCUT2D eigenvalue weighted by molar-refractivity contribution is 9.10. The van der Waals surface area contributed by atoms with Crippen LogP contribution in [0.25, 0.3) is 10.8 Å². The molecule has 1 saturated heterocycles. The Balaban J connectivity index is 1.76. The molecule has 1 amide bonds. The number of amides is 1. The minimum Gasteiger partial charge on any atom is -0.325 e. The van der Waals surface area contributed by atoms with Gasteiger partial charge in [0.1, 0.15) is 0 Å². The molecule has 2 N–H and O–H groups in total. The Bertz CT molecular complexity index is 635. The lowest BCUT2D eigenvalue weighted by Crippen LogP contribution is -2.43. The highest BCUT2D eigenvalue weighted by Gasteiger charge is 2.20. The summed E-state index contributed by atoms with van der Waals surface area (Å²) in [6, 6.07) is 12.1. The van der Waals surface area contributed by atoms with Crippen molar-refractivity contribution in [3.8, 4) is 0 Å². The molecule has 0 radical (unpaired) electrons. The first-order valence-corrected chi connectivity index (χ1v) is 7.75.